The van der Waals surface area contributed by atoms with Gasteiger partial charge in [0.05, 0.1) is 5.75 Å². The number of hydrogen-bond donors (Lipinski definition) is 1. The fourth-order valence-corrected chi connectivity index (χ4v) is 3.82. The van der Waals surface area contributed by atoms with Crippen molar-refractivity contribution in [3.63, 3.8) is 0 Å². The van der Waals surface area contributed by atoms with E-state index in [2.05, 4.69) is 11.4 Å². The molecule has 140 valence electrons. The lowest BCUT2D eigenvalue weighted by Gasteiger charge is -2.18. The molecule has 0 aromatic heterocycles. The first-order valence-electron chi connectivity index (χ1n) is 8.92. The number of amides is 1. The second-order valence-electron chi connectivity index (χ2n) is 6.80. The molecule has 0 radical (unpaired) electrons. The molecule has 1 unspecified atom stereocenters. The summed E-state index contributed by atoms with van der Waals surface area (Å²) < 4.78 is 23.3. The van der Waals surface area contributed by atoms with Crippen LogP contribution in [0.25, 0.3) is 10.8 Å². The molecule has 0 heterocycles. The quantitative estimate of drug-likeness (QED) is 0.677. The molecule has 5 heteroatoms. The maximum absolute atomic E-state index is 12.4. The van der Waals surface area contributed by atoms with Gasteiger partial charge in [0.15, 0.2) is 0 Å². The summed E-state index contributed by atoms with van der Waals surface area (Å²) in [6, 6.07) is 23.2. The van der Waals surface area contributed by atoms with E-state index in [-0.39, 0.29) is 17.6 Å². The van der Waals surface area contributed by atoms with Crippen LogP contribution in [0, 0.1) is 0 Å². The van der Waals surface area contributed by atoms with E-state index in [4.69, 9.17) is 0 Å². The van der Waals surface area contributed by atoms with Crippen LogP contribution in [0.2, 0.25) is 0 Å². The lowest BCUT2D eigenvalue weighted by Crippen LogP contribution is -2.29. The van der Waals surface area contributed by atoms with E-state index in [9.17, 15) is 13.2 Å². The Morgan fingerprint density at radius 1 is 0.926 bits per heavy atom. The monoisotopic (exact) mass is 381 g/mol. The summed E-state index contributed by atoms with van der Waals surface area (Å²) >= 11 is 0. The predicted octanol–water partition coefficient (Wildman–Crippen LogP) is 3.79. The molecule has 0 aliphatic carbocycles. The molecule has 0 aliphatic rings. The van der Waals surface area contributed by atoms with Crippen LogP contribution in [0.4, 0.5) is 0 Å². The first-order chi connectivity index (χ1) is 12.9. The molecule has 0 aliphatic heterocycles. The summed E-state index contributed by atoms with van der Waals surface area (Å²) in [6.45, 7) is 0.390. The molecule has 1 amide bonds. The minimum Gasteiger partial charge on any atom is -0.351 e. The highest BCUT2D eigenvalue weighted by atomic mass is 32.2. The molecular formula is C22H23NO3S. The molecule has 0 saturated carbocycles. The fourth-order valence-electron chi connectivity index (χ4n) is 3.11. The Morgan fingerprint density at radius 3 is 2.30 bits per heavy atom. The van der Waals surface area contributed by atoms with Gasteiger partial charge in [-0.2, -0.15) is 0 Å². The lowest BCUT2D eigenvalue weighted by molar-refractivity contribution is 0.0951. The number of fused-ring (bicyclic) bond motifs is 1. The summed E-state index contributed by atoms with van der Waals surface area (Å²) in [7, 11) is -3.07. The third kappa shape index (κ3) is 5.41. The topological polar surface area (TPSA) is 63.2 Å². The van der Waals surface area contributed by atoms with Gasteiger partial charge >= 0.3 is 0 Å². The average Bonchev–Trinajstić information content (AvgIpc) is 2.67. The third-order valence-corrected chi connectivity index (χ3v) is 5.60. The minimum atomic E-state index is -3.07. The van der Waals surface area contributed by atoms with Gasteiger partial charge in [-0.3, -0.25) is 4.79 Å². The summed E-state index contributed by atoms with van der Waals surface area (Å²) in [6.07, 6.45) is 1.71. The van der Waals surface area contributed by atoms with E-state index in [0.717, 1.165) is 16.3 Å². The van der Waals surface area contributed by atoms with Crippen molar-refractivity contribution in [2.75, 3.05) is 18.6 Å². The van der Waals surface area contributed by atoms with Crippen LogP contribution in [0.15, 0.2) is 72.8 Å². The van der Waals surface area contributed by atoms with Gasteiger partial charge in [-0.1, -0.05) is 60.7 Å². The van der Waals surface area contributed by atoms with E-state index in [0.29, 0.717) is 18.5 Å². The summed E-state index contributed by atoms with van der Waals surface area (Å²) in [5, 5.41) is 5.19. The van der Waals surface area contributed by atoms with Crippen molar-refractivity contribution in [2.45, 2.75) is 12.3 Å². The van der Waals surface area contributed by atoms with Crippen molar-refractivity contribution in [2.24, 2.45) is 0 Å². The first kappa shape index (κ1) is 19.1. The maximum Gasteiger partial charge on any atom is 0.251 e. The first-order valence-corrected chi connectivity index (χ1v) is 11.0. The van der Waals surface area contributed by atoms with Gasteiger partial charge in [-0.15, -0.1) is 0 Å². The van der Waals surface area contributed by atoms with E-state index in [1.165, 1.54) is 6.26 Å². The number of benzene rings is 3. The summed E-state index contributed by atoms with van der Waals surface area (Å²) in [4.78, 5) is 12.4. The van der Waals surface area contributed by atoms with Gasteiger partial charge in [-0.25, -0.2) is 8.42 Å². The third-order valence-electron chi connectivity index (χ3n) is 4.63. The number of nitrogens with one attached hydrogen (secondary N) is 1. The zero-order valence-electron chi connectivity index (χ0n) is 15.3. The average molecular weight is 381 g/mol. The highest BCUT2D eigenvalue weighted by Gasteiger charge is 2.17. The van der Waals surface area contributed by atoms with Crippen LogP contribution >= 0.6 is 0 Å². The largest absolute Gasteiger partial charge is 0.351 e. The van der Waals surface area contributed by atoms with Crippen LogP contribution < -0.4 is 5.32 Å². The van der Waals surface area contributed by atoms with Gasteiger partial charge in [-0.05, 0) is 34.9 Å². The van der Waals surface area contributed by atoms with Crippen LogP contribution in [0.5, 0.6) is 0 Å². The van der Waals surface area contributed by atoms with E-state index in [1.54, 1.807) is 12.1 Å². The van der Waals surface area contributed by atoms with E-state index >= 15 is 0 Å². The highest BCUT2D eigenvalue weighted by Crippen LogP contribution is 2.24. The Labute approximate surface area is 160 Å². The Morgan fingerprint density at radius 2 is 1.59 bits per heavy atom. The fraction of sp³-hybridized carbons (Fsp3) is 0.227. The minimum absolute atomic E-state index is 0.0722. The Hall–Kier alpha value is -2.66. The summed E-state index contributed by atoms with van der Waals surface area (Å²) in [5.74, 6) is -0.135. The molecule has 3 rings (SSSR count). The zero-order valence-corrected chi connectivity index (χ0v) is 16.1. The molecule has 27 heavy (non-hydrogen) atoms. The van der Waals surface area contributed by atoms with Crippen molar-refractivity contribution >= 4 is 26.5 Å². The number of carbonyl (C=O) groups is 1. The molecule has 4 nitrogen and oxygen atoms in total. The second-order valence-corrected chi connectivity index (χ2v) is 9.06. The zero-order chi connectivity index (χ0) is 19.3. The van der Waals surface area contributed by atoms with Gasteiger partial charge in [0.2, 0.25) is 0 Å². The van der Waals surface area contributed by atoms with Gasteiger partial charge < -0.3 is 5.32 Å². The smallest absolute Gasteiger partial charge is 0.251 e. The van der Waals surface area contributed by atoms with Crippen molar-refractivity contribution in [3.8, 4) is 0 Å². The van der Waals surface area contributed by atoms with Crippen LogP contribution in [-0.2, 0) is 9.84 Å². The van der Waals surface area contributed by atoms with Gasteiger partial charge in [0, 0.05) is 24.3 Å². The van der Waals surface area contributed by atoms with Crippen LogP contribution in [0.1, 0.15) is 28.3 Å². The second kappa shape index (κ2) is 8.35. The molecule has 1 atom stereocenters. The van der Waals surface area contributed by atoms with Crippen LogP contribution in [0.3, 0.4) is 0 Å². The maximum atomic E-state index is 12.4. The number of sulfone groups is 1. The normalized spacial score (nSPS) is 12.6. The van der Waals surface area contributed by atoms with Gasteiger partial charge in [0.25, 0.3) is 5.91 Å². The van der Waals surface area contributed by atoms with Crippen molar-refractivity contribution in [1.82, 2.24) is 5.32 Å². The van der Waals surface area contributed by atoms with Crippen molar-refractivity contribution in [1.29, 1.82) is 0 Å². The molecule has 1 N–H and O–H groups in total. The molecule has 3 aromatic carbocycles. The Bertz CT molecular complexity index is 1030. The SMILES string of the molecule is CS(=O)(=O)CCC(CNC(=O)c1ccccc1)c1ccc2ccccc2c1. The summed E-state index contributed by atoms with van der Waals surface area (Å²) in [5.41, 5.74) is 1.63. The molecule has 0 saturated heterocycles. The number of rotatable bonds is 7. The Balaban J connectivity index is 1.80. The molecule has 0 fully saturated rings. The molecule has 3 aromatic rings. The van der Waals surface area contributed by atoms with E-state index in [1.807, 2.05) is 54.6 Å². The highest BCUT2D eigenvalue weighted by molar-refractivity contribution is 7.90. The number of hydrogen-bond acceptors (Lipinski definition) is 3. The van der Waals surface area contributed by atoms with Crippen LogP contribution in [-0.4, -0.2) is 32.9 Å². The van der Waals surface area contributed by atoms with Crippen molar-refractivity contribution in [3.05, 3.63) is 83.9 Å². The molecule has 0 spiro atoms. The number of carbonyl (C=O) groups excluding carboxylic acids is 1. The predicted molar refractivity (Wildman–Crippen MR) is 110 cm³/mol. The molecule has 0 bridgehead atoms. The van der Waals surface area contributed by atoms with E-state index < -0.39 is 9.84 Å². The van der Waals surface area contributed by atoms with Crippen molar-refractivity contribution < 1.29 is 13.2 Å². The molecular weight excluding hydrogens is 358 g/mol. The Kier molecular flexibility index (Phi) is 5.91. The lowest BCUT2D eigenvalue weighted by atomic mass is 9.94. The standard InChI is InChI=1S/C22H23NO3S/c1-27(25,26)14-13-21(16-23-22(24)18-8-3-2-4-9-18)20-12-11-17-7-5-6-10-19(17)15-20/h2-12,15,21H,13-14,16H2,1H3,(H,23,24). The van der Waals surface area contributed by atoms with Gasteiger partial charge in [0.1, 0.15) is 9.84 Å².